The van der Waals surface area contributed by atoms with E-state index in [1.807, 2.05) is 11.3 Å². The third-order valence-electron chi connectivity index (χ3n) is 3.95. The maximum absolute atomic E-state index is 3.56. The Morgan fingerprint density at radius 2 is 2.22 bits per heavy atom. The largest absolute Gasteiger partial charge is 0.311 e. The quantitative estimate of drug-likeness (QED) is 0.823. The Labute approximate surface area is 115 Å². The second-order valence-corrected chi connectivity index (χ2v) is 7.08. The molecule has 0 bridgehead atoms. The van der Waals surface area contributed by atoms with Gasteiger partial charge in [-0.15, -0.1) is 11.3 Å². The van der Waals surface area contributed by atoms with Crippen LogP contribution in [0.4, 0.5) is 0 Å². The summed E-state index contributed by atoms with van der Waals surface area (Å²) in [6, 6.07) is 5.20. The summed E-state index contributed by atoms with van der Waals surface area (Å²) in [6.45, 7) is 11.5. The molecule has 0 saturated carbocycles. The fourth-order valence-electron chi connectivity index (χ4n) is 2.80. The molecule has 1 aromatic rings. The molecule has 1 fully saturated rings. The number of nitrogens with zero attached hydrogens (tertiary/aromatic N) is 1. The van der Waals surface area contributed by atoms with Crippen molar-refractivity contribution in [2.24, 2.45) is 5.92 Å². The van der Waals surface area contributed by atoms with Gasteiger partial charge in [0.15, 0.2) is 0 Å². The van der Waals surface area contributed by atoms with Gasteiger partial charge in [-0.25, -0.2) is 0 Å². The van der Waals surface area contributed by atoms with Gasteiger partial charge >= 0.3 is 0 Å². The van der Waals surface area contributed by atoms with Crippen LogP contribution in [0.3, 0.4) is 0 Å². The highest BCUT2D eigenvalue weighted by Crippen LogP contribution is 2.21. The van der Waals surface area contributed by atoms with Gasteiger partial charge in [0.25, 0.3) is 0 Å². The molecule has 0 radical (unpaired) electrons. The first-order valence-corrected chi connectivity index (χ1v) is 7.97. The van der Waals surface area contributed by atoms with E-state index < -0.39 is 0 Å². The van der Waals surface area contributed by atoms with Gasteiger partial charge in [-0.2, -0.15) is 0 Å². The summed E-state index contributed by atoms with van der Waals surface area (Å²) in [4.78, 5) is 5.49. The summed E-state index contributed by atoms with van der Waals surface area (Å²) < 4.78 is 0. The summed E-state index contributed by atoms with van der Waals surface area (Å²) in [7, 11) is 0. The van der Waals surface area contributed by atoms with Gasteiger partial charge < -0.3 is 5.32 Å². The first-order chi connectivity index (χ1) is 8.65. The Balaban J connectivity index is 1.63. The van der Waals surface area contributed by atoms with E-state index in [0.717, 1.165) is 25.0 Å². The summed E-state index contributed by atoms with van der Waals surface area (Å²) in [5, 5.41) is 3.56. The second kappa shape index (κ2) is 6.69. The number of nitrogens with one attached hydrogen (secondary N) is 1. The molecule has 0 aromatic carbocycles. The van der Waals surface area contributed by atoms with Gasteiger partial charge in [0.1, 0.15) is 0 Å². The smallest absolute Gasteiger partial charge is 0.0300 e. The monoisotopic (exact) mass is 266 g/mol. The van der Waals surface area contributed by atoms with Crippen LogP contribution >= 0.6 is 11.3 Å². The fourth-order valence-corrected chi connectivity index (χ4v) is 3.66. The predicted molar refractivity (Wildman–Crippen MR) is 80.2 cm³/mol. The minimum atomic E-state index is 0.763. The SMILES string of the molecule is Cc1ccc(CNCCN2CCC(C)CC2C)s1. The zero-order valence-electron chi connectivity index (χ0n) is 11.9. The molecule has 1 saturated heterocycles. The van der Waals surface area contributed by atoms with Crippen LogP contribution in [0.25, 0.3) is 0 Å². The van der Waals surface area contributed by atoms with Gasteiger partial charge in [-0.1, -0.05) is 6.92 Å². The zero-order chi connectivity index (χ0) is 13.0. The van der Waals surface area contributed by atoms with Crippen LogP contribution in [-0.4, -0.2) is 30.6 Å². The minimum absolute atomic E-state index is 0.763. The Morgan fingerprint density at radius 3 is 2.89 bits per heavy atom. The van der Waals surface area contributed by atoms with Crippen molar-refractivity contribution in [1.29, 1.82) is 0 Å². The summed E-state index contributed by atoms with van der Waals surface area (Å²) in [5.41, 5.74) is 0. The number of aryl methyl sites for hydroxylation is 1. The Kier molecular flexibility index (Phi) is 5.22. The molecule has 2 heterocycles. The lowest BCUT2D eigenvalue weighted by atomic mass is 9.93. The van der Waals surface area contributed by atoms with E-state index in [-0.39, 0.29) is 0 Å². The molecule has 2 rings (SSSR count). The normalized spacial score (nSPS) is 25.5. The molecule has 1 aliphatic rings. The van der Waals surface area contributed by atoms with Crippen molar-refractivity contribution in [3.8, 4) is 0 Å². The molecule has 2 unspecified atom stereocenters. The number of likely N-dealkylation sites (tertiary alicyclic amines) is 1. The lowest BCUT2D eigenvalue weighted by molar-refractivity contribution is 0.130. The number of hydrogen-bond acceptors (Lipinski definition) is 3. The highest BCUT2D eigenvalue weighted by Gasteiger charge is 2.21. The van der Waals surface area contributed by atoms with E-state index in [1.54, 1.807) is 0 Å². The maximum Gasteiger partial charge on any atom is 0.0300 e. The molecular weight excluding hydrogens is 240 g/mol. The molecule has 18 heavy (non-hydrogen) atoms. The number of rotatable bonds is 5. The number of piperidine rings is 1. The standard InChI is InChI=1S/C15H26N2S/c1-12-6-8-17(13(2)10-12)9-7-16-11-15-5-4-14(3)18-15/h4-5,12-13,16H,6-11H2,1-3H3. The Bertz CT molecular complexity index is 361. The molecular formula is C15H26N2S. The van der Waals surface area contributed by atoms with Crippen molar-refractivity contribution in [3.05, 3.63) is 21.9 Å². The molecule has 1 aliphatic heterocycles. The molecule has 3 heteroatoms. The molecule has 2 atom stereocenters. The number of thiophene rings is 1. The van der Waals surface area contributed by atoms with E-state index in [2.05, 4.69) is 43.1 Å². The zero-order valence-corrected chi connectivity index (χ0v) is 12.7. The third-order valence-corrected chi connectivity index (χ3v) is 4.95. The Hall–Kier alpha value is -0.380. The van der Waals surface area contributed by atoms with E-state index in [1.165, 1.54) is 35.7 Å². The average molecular weight is 266 g/mol. The summed E-state index contributed by atoms with van der Waals surface area (Å²) in [5.74, 6) is 0.915. The number of hydrogen-bond donors (Lipinski definition) is 1. The Morgan fingerprint density at radius 1 is 1.39 bits per heavy atom. The third kappa shape index (κ3) is 4.08. The van der Waals surface area contributed by atoms with Crippen molar-refractivity contribution >= 4 is 11.3 Å². The van der Waals surface area contributed by atoms with Gasteiger partial charge in [-0.05, 0) is 51.3 Å². The highest BCUT2D eigenvalue weighted by atomic mass is 32.1. The van der Waals surface area contributed by atoms with Crippen molar-refractivity contribution in [2.45, 2.75) is 46.2 Å². The van der Waals surface area contributed by atoms with Crippen molar-refractivity contribution < 1.29 is 0 Å². The molecule has 1 aromatic heterocycles. The van der Waals surface area contributed by atoms with E-state index >= 15 is 0 Å². The van der Waals surface area contributed by atoms with Gasteiger partial charge in [0.2, 0.25) is 0 Å². The van der Waals surface area contributed by atoms with Crippen molar-refractivity contribution in [1.82, 2.24) is 10.2 Å². The van der Waals surface area contributed by atoms with Crippen LogP contribution in [0.15, 0.2) is 12.1 Å². The predicted octanol–water partition coefficient (Wildman–Crippen LogP) is 3.27. The fraction of sp³-hybridized carbons (Fsp3) is 0.733. The van der Waals surface area contributed by atoms with Crippen LogP contribution < -0.4 is 5.32 Å². The van der Waals surface area contributed by atoms with Crippen LogP contribution in [0.1, 0.15) is 36.4 Å². The van der Waals surface area contributed by atoms with Crippen LogP contribution in [0.2, 0.25) is 0 Å². The average Bonchev–Trinajstić information content (AvgIpc) is 2.73. The lowest BCUT2D eigenvalue weighted by Crippen LogP contribution is -2.43. The van der Waals surface area contributed by atoms with Gasteiger partial charge in [0, 0.05) is 35.4 Å². The molecule has 2 nitrogen and oxygen atoms in total. The second-order valence-electron chi connectivity index (χ2n) is 5.70. The lowest BCUT2D eigenvalue weighted by Gasteiger charge is -2.36. The summed E-state index contributed by atoms with van der Waals surface area (Å²) >= 11 is 1.90. The van der Waals surface area contributed by atoms with Crippen LogP contribution in [-0.2, 0) is 6.54 Å². The molecule has 0 amide bonds. The van der Waals surface area contributed by atoms with Gasteiger partial charge in [-0.3, -0.25) is 4.90 Å². The molecule has 0 aliphatic carbocycles. The first kappa shape index (κ1) is 14.0. The van der Waals surface area contributed by atoms with E-state index in [9.17, 15) is 0 Å². The van der Waals surface area contributed by atoms with Gasteiger partial charge in [0.05, 0.1) is 0 Å². The summed E-state index contributed by atoms with van der Waals surface area (Å²) in [6.07, 6.45) is 2.73. The first-order valence-electron chi connectivity index (χ1n) is 7.15. The van der Waals surface area contributed by atoms with Crippen molar-refractivity contribution in [3.63, 3.8) is 0 Å². The molecule has 102 valence electrons. The van der Waals surface area contributed by atoms with Crippen molar-refractivity contribution in [2.75, 3.05) is 19.6 Å². The van der Waals surface area contributed by atoms with Crippen LogP contribution in [0, 0.1) is 12.8 Å². The van der Waals surface area contributed by atoms with E-state index in [4.69, 9.17) is 0 Å². The molecule has 1 N–H and O–H groups in total. The minimum Gasteiger partial charge on any atom is -0.311 e. The maximum atomic E-state index is 3.56. The van der Waals surface area contributed by atoms with E-state index in [0.29, 0.717) is 0 Å². The van der Waals surface area contributed by atoms with Crippen LogP contribution in [0.5, 0.6) is 0 Å². The molecule has 0 spiro atoms. The highest BCUT2D eigenvalue weighted by molar-refractivity contribution is 7.11. The topological polar surface area (TPSA) is 15.3 Å².